The Labute approximate surface area is 162 Å². The van der Waals surface area contributed by atoms with E-state index in [1.54, 1.807) is 16.7 Å². The number of nitrogens with zero attached hydrogens (tertiary/aromatic N) is 2. The summed E-state index contributed by atoms with van der Waals surface area (Å²) in [5, 5.41) is 12.5. The third kappa shape index (κ3) is 4.54. The maximum atomic E-state index is 12.2. The molecule has 1 fully saturated rings. The van der Waals surface area contributed by atoms with E-state index in [-0.39, 0.29) is 18.2 Å². The van der Waals surface area contributed by atoms with Crippen LogP contribution in [0, 0.1) is 0 Å². The van der Waals surface area contributed by atoms with Gasteiger partial charge < -0.3 is 10.6 Å². The molecule has 3 aromatic rings. The molecular weight excluding hydrogens is 388 g/mol. The van der Waals surface area contributed by atoms with E-state index in [2.05, 4.69) is 20.6 Å². The molecule has 1 aliphatic carbocycles. The van der Waals surface area contributed by atoms with E-state index in [4.69, 9.17) is 0 Å². The summed E-state index contributed by atoms with van der Waals surface area (Å²) < 4.78 is 0. The second-order valence-corrected chi connectivity index (χ2v) is 8.77. The quantitative estimate of drug-likeness (QED) is 0.625. The van der Waals surface area contributed by atoms with Crippen LogP contribution in [0.25, 0.3) is 0 Å². The molecular formula is C17H16N4O2S3. The molecule has 0 atom stereocenters. The maximum Gasteiger partial charge on any atom is 0.232 e. The molecule has 2 N–H and O–H groups in total. The van der Waals surface area contributed by atoms with Crippen molar-refractivity contribution in [2.24, 2.45) is 0 Å². The number of hydrogen-bond acceptors (Lipinski definition) is 7. The highest BCUT2D eigenvalue weighted by Gasteiger charge is 2.26. The SMILES string of the molecule is O=C(Cc1cccs1)Nc1nc(CC(=O)Nc2nc(C3CC3)cs2)cs1. The van der Waals surface area contributed by atoms with Crippen molar-refractivity contribution in [1.82, 2.24) is 9.97 Å². The van der Waals surface area contributed by atoms with Crippen molar-refractivity contribution in [3.8, 4) is 0 Å². The Morgan fingerprint density at radius 1 is 1.00 bits per heavy atom. The summed E-state index contributed by atoms with van der Waals surface area (Å²) >= 11 is 4.33. The Kier molecular flexibility index (Phi) is 5.09. The highest BCUT2D eigenvalue weighted by Crippen LogP contribution is 2.40. The topological polar surface area (TPSA) is 84.0 Å². The standard InChI is InChI=1S/C17H16N4O2S3/c22-14(20-17-19-13(9-26-17)10-3-4-10)6-11-8-25-16(18-11)21-15(23)7-12-2-1-5-24-12/h1-2,5,8-10H,3-4,6-7H2,(H,18,21,23)(H,19,20,22). The summed E-state index contributed by atoms with van der Waals surface area (Å²) in [5.41, 5.74) is 1.72. The molecule has 1 aliphatic rings. The summed E-state index contributed by atoms with van der Waals surface area (Å²) in [5.74, 6) is 0.326. The molecule has 3 heterocycles. The van der Waals surface area contributed by atoms with Gasteiger partial charge in [0.25, 0.3) is 0 Å². The summed E-state index contributed by atoms with van der Waals surface area (Å²) in [6.07, 6.45) is 2.88. The molecule has 6 nitrogen and oxygen atoms in total. The zero-order chi connectivity index (χ0) is 17.9. The van der Waals surface area contributed by atoms with Crippen molar-refractivity contribution in [2.45, 2.75) is 31.6 Å². The number of thiazole rings is 2. The zero-order valence-corrected chi connectivity index (χ0v) is 16.2. The molecule has 26 heavy (non-hydrogen) atoms. The average molecular weight is 405 g/mol. The summed E-state index contributed by atoms with van der Waals surface area (Å²) in [7, 11) is 0. The minimum absolute atomic E-state index is 0.104. The van der Waals surface area contributed by atoms with Crippen LogP contribution in [0.5, 0.6) is 0 Å². The zero-order valence-electron chi connectivity index (χ0n) is 13.7. The lowest BCUT2D eigenvalue weighted by atomic mass is 10.3. The van der Waals surface area contributed by atoms with Crippen molar-refractivity contribution in [1.29, 1.82) is 0 Å². The minimum atomic E-state index is -0.150. The van der Waals surface area contributed by atoms with Gasteiger partial charge >= 0.3 is 0 Å². The lowest BCUT2D eigenvalue weighted by Crippen LogP contribution is -2.15. The fourth-order valence-electron chi connectivity index (χ4n) is 2.42. The number of carbonyl (C=O) groups is 2. The van der Waals surface area contributed by atoms with Crippen LogP contribution in [0.3, 0.4) is 0 Å². The Hall–Kier alpha value is -2.10. The number of amides is 2. The van der Waals surface area contributed by atoms with Gasteiger partial charge in [-0.05, 0) is 24.3 Å². The molecule has 3 aromatic heterocycles. The molecule has 9 heteroatoms. The Balaban J connectivity index is 1.28. The first kappa shape index (κ1) is 17.3. The lowest BCUT2D eigenvalue weighted by molar-refractivity contribution is -0.116. The molecule has 0 radical (unpaired) electrons. The largest absolute Gasteiger partial charge is 0.302 e. The summed E-state index contributed by atoms with van der Waals surface area (Å²) in [6.45, 7) is 0. The first-order valence-corrected chi connectivity index (χ1v) is 10.8. The molecule has 4 rings (SSSR count). The fourth-order valence-corrected chi connectivity index (χ4v) is 4.66. The second kappa shape index (κ2) is 7.65. The van der Waals surface area contributed by atoms with E-state index in [9.17, 15) is 9.59 Å². The van der Waals surface area contributed by atoms with Crippen molar-refractivity contribution in [2.75, 3.05) is 10.6 Å². The molecule has 2 amide bonds. The van der Waals surface area contributed by atoms with Crippen LogP contribution in [0.1, 0.15) is 35.0 Å². The molecule has 0 saturated heterocycles. The van der Waals surface area contributed by atoms with E-state index in [0.29, 0.717) is 28.3 Å². The van der Waals surface area contributed by atoms with Gasteiger partial charge in [-0.1, -0.05) is 6.07 Å². The van der Waals surface area contributed by atoms with Crippen molar-refractivity contribution in [3.05, 3.63) is 44.5 Å². The molecule has 0 spiro atoms. The van der Waals surface area contributed by atoms with Crippen molar-refractivity contribution in [3.63, 3.8) is 0 Å². The molecule has 0 bridgehead atoms. The Morgan fingerprint density at radius 3 is 2.46 bits per heavy atom. The molecule has 0 unspecified atom stereocenters. The maximum absolute atomic E-state index is 12.2. The summed E-state index contributed by atoms with van der Waals surface area (Å²) in [4.78, 5) is 33.9. The number of hydrogen-bond donors (Lipinski definition) is 2. The molecule has 0 aromatic carbocycles. The van der Waals surface area contributed by atoms with Crippen LogP contribution in [-0.4, -0.2) is 21.8 Å². The predicted octanol–water partition coefficient (Wildman–Crippen LogP) is 3.90. The van der Waals surface area contributed by atoms with Crippen molar-refractivity contribution >= 4 is 56.1 Å². The van der Waals surface area contributed by atoms with Crippen LogP contribution in [0.15, 0.2) is 28.3 Å². The van der Waals surface area contributed by atoms with Crippen LogP contribution in [-0.2, 0) is 22.4 Å². The van der Waals surface area contributed by atoms with Gasteiger partial charge in [0.1, 0.15) is 0 Å². The highest BCUT2D eigenvalue weighted by atomic mass is 32.1. The average Bonchev–Trinajstić information content (AvgIpc) is 2.98. The van der Waals surface area contributed by atoms with Gasteiger partial charge in [-0.3, -0.25) is 9.59 Å². The van der Waals surface area contributed by atoms with E-state index >= 15 is 0 Å². The minimum Gasteiger partial charge on any atom is -0.302 e. The van der Waals surface area contributed by atoms with E-state index in [1.807, 2.05) is 22.9 Å². The molecule has 0 aliphatic heterocycles. The number of thiophene rings is 1. The van der Waals surface area contributed by atoms with E-state index in [1.165, 1.54) is 35.5 Å². The van der Waals surface area contributed by atoms with Gasteiger partial charge in [0.05, 0.1) is 24.2 Å². The monoisotopic (exact) mass is 404 g/mol. The third-order valence-electron chi connectivity index (χ3n) is 3.82. The fraction of sp³-hybridized carbons (Fsp3) is 0.294. The van der Waals surface area contributed by atoms with Crippen LogP contribution in [0.2, 0.25) is 0 Å². The number of rotatable bonds is 7. The van der Waals surface area contributed by atoms with E-state index in [0.717, 1.165) is 10.6 Å². The van der Waals surface area contributed by atoms with Gasteiger partial charge in [0, 0.05) is 21.6 Å². The number of carbonyl (C=O) groups excluding carboxylic acids is 2. The number of anilines is 2. The van der Waals surface area contributed by atoms with Gasteiger partial charge in [-0.15, -0.1) is 34.0 Å². The first-order valence-electron chi connectivity index (χ1n) is 8.17. The number of aromatic nitrogens is 2. The molecule has 1 saturated carbocycles. The smallest absolute Gasteiger partial charge is 0.232 e. The van der Waals surface area contributed by atoms with Crippen LogP contribution < -0.4 is 10.6 Å². The second-order valence-electron chi connectivity index (χ2n) is 6.03. The normalized spacial score (nSPS) is 13.5. The number of nitrogens with one attached hydrogen (secondary N) is 2. The van der Waals surface area contributed by atoms with E-state index < -0.39 is 0 Å². The Morgan fingerprint density at radius 2 is 1.73 bits per heavy atom. The van der Waals surface area contributed by atoms with Crippen LogP contribution in [0.4, 0.5) is 10.3 Å². The van der Waals surface area contributed by atoms with Gasteiger partial charge in [-0.2, -0.15) is 0 Å². The van der Waals surface area contributed by atoms with Gasteiger partial charge in [0.15, 0.2) is 10.3 Å². The highest BCUT2D eigenvalue weighted by molar-refractivity contribution is 7.14. The first-order chi connectivity index (χ1) is 12.7. The van der Waals surface area contributed by atoms with Crippen molar-refractivity contribution < 1.29 is 9.59 Å². The third-order valence-corrected chi connectivity index (χ3v) is 6.28. The lowest BCUT2D eigenvalue weighted by Gasteiger charge is -2.00. The van der Waals surface area contributed by atoms with Crippen LogP contribution >= 0.6 is 34.0 Å². The van der Waals surface area contributed by atoms with Gasteiger partial charge in [-0.25, -0.2) is 9.97 Å². The van der Waals surface area contributed by atoms with Gasteiger partial charge in [0.2, 0.25) is 11.8 Å². The molecule has 134 valence electrons. The Bertz CT molecular complexity index is 912. The predicted molar refractivity (Wildman–Crippen MR) is 105 cm³/mol. The summed E-state index contributed by atoms with van der Waals surface area (Å²) in [6, 6.07) is 3.85.